The fourth-order valence-corrected chi connectivity index (χ4v) is 5.64. The Labute approximate surface area is 232 Å². The molecule has 0 aliphatic carbocycles. The SMILES string of the molecule is Cc1cc(-c2ccco2)ccc1CN1CCC(O)(Cn2cnc3c(-c4ccc(CN)cc4)n(C)nc3c2=O)CC1. The molecule has 0 atom stereocenters. The molecule has 4 heterocycles. The Morgan fingerprint density at radius 1 is 1.05 bits per heavy atom. The number of likely N-dealkylation sites (tertiary alicyclic amines) is 1. The molecule has 6 rings (SSSR count). The van der Waals surface area contributed by atoms with Gasteiger partial charge >= 0.3 is 0 Å². The molecule has 1 fully saturated rings. The van der Waals surface area contributed by atoms with Crippen LogP contribution in [0.5, 0.6) is 0 Å². The highest BCUT2D eigenvalue weighted by molar-refractivity contribution is 5.89. The minimum absolute atomic E-state index is 0.191. The molecular weight excluding hydrogens is 504 g/mol. The van der Waals surface area contributed by atoms with Crippen LogP contribution in [0.25, 0.3) is 33.6 Å². The topological polar surface area (TPSA) is 115 Å². The van der Waals surface area contributed by atoms with E-state index in [1.807, 2.05) is 43.4 Å². The van der Waals surface area contributed by atoms with Crippen molar-refractivity contribution in [2.24, 2.45) is 12.8 Å². The number of nitrogens with zero attached hydrogens (tertiary/aromatic N) is 5. The van der Waals surface area contributed by atoms with E-state index < -0.39 is 5.60 Å². The Bertz CT molecular complexity index is 1690. The van der Waals surface area contributed by atoms with Crippen LogP contribution in [0.3, 0.4) is 0 Å². The summed E-state index contributed by atoms with van der Waals surface area (Å²) in [6.07, 6.45) is 4.37. The number of hydrogen-bond acceptors (Lipinski definition) is 7. The summed E-state index contributed by atoms with van der Waals surface area (Å²) in [4.78, 5) is 20.4. The Balaban J connectivity index is 1.14. The zero-order valence-electron chi connectivity index (χ0n) is 22.9. The molecule has 1 aliphatic heterocycles. The number of benzene rings is 2. The second-order valence-corrected chi connectivity index (χ2v) is 10.9. The minimum Gasteiger partial charge on any atom is -0.464 e. The van der Waals surface area contributed by atoms with Gasteiger partial charge < -0.3 is 15.3 Å². The molecule has 1 saturated heterocycles. The maximum absolute atomic E-state index is 13.4. The maximum atomic E-state index is 13.4. The lowest BCUT2D eigenvalue weighted by Gasteiger charge is -2.38. The second kappa shape index (κ2) is 10.5. The highest BCUT2D eigenvalue weighted by atomic mass is 16.3. The number of rotatable bonds is 7. The first-order valence-electron chi connectivity index (χ1n) is 13.6. The van der Waals surface area contributed by atoms with Gasteiger partial charge in [0.2, 0.25) is 0 Å². The van der Waals surface area contributed by atoms with Crippen LogP contribution >= 0.6 is 0 Å². The van der Waals surface area contributed by atoms with Crippen molar-refractivity contribution in [1.29, 1.82) is 0 Å². The average molecular weight is 539 g/mol. The summed E-state index contributed by atoms with van der Waals surface area (Å²) >= 11 is 0. The first kappa shape index (κ1) is 26.2. The third-order valence-electron chi connectivity index (χ3n) is 8.07. The number of aryl methyl sites for hydroxylation is 2. The predicted octanol–water partition coefficient (Wildman–Crippen LogP) is 3.85. The van der Waals surface area contributed by atoms with Crippen molar-refractivity contribution < 1.29 is 9.52 Å². The molecule has 3 aromatic heterocycles. The molecular formula is C31H34N6O3. The zero-order chi connectivity index (χ0) is 27.9. The highest BCUT2D eigenvalue weighted by Gasteiger charge is 2.33. The first-order valence-corrected chi connectivity index (χ1v) is 13.6. The van der Waals surface area contributed by atoms with E-state index in [0.29, 0.717) is 30.4 Å². The van der Waals surface area contributed by atoms with Crippen molar-refractivity contribution >= 4 is 11.0 Å². The molecule has 0 unspecified atom stereocenters. The van der Waals surface area contributed by atoms with E-state index in [1.165, 1.54) is 15.7 Å². The summed E-state index contributed by atoms with van der Waals surface area (Å²) in [7, 11) is 1.81. The molecule has 9 heteroatoms. The van der Waals surface area contributed by atoms with Gasteiger partial charge in [-0.05, 0) is 54.7 Å². The van der Waals surface area contributed by atoms with E-state index in [1.54, 1.807) is 17.3 Å². The quantitative estimate of drug-likeness (QED) is 0.323. The van der Waals surface area contributed by atoms with Gasteiger partial charge in [-0.15, -0.1) is 0 Å². The third kappa shape index (κ3) is 4.99. The molecule has 9 nitrogen and oxygen atoms in total. The van der Waals surface area contributed by atoms with Crippen LogP contribution in [0.1, 0.15) is 29.5 Å². The zero-order valence-corrected chi connectivity index (χ0v) is 22.9. The number of nitrogens with two attached hydrogens (primary N) is 1. The minimum atomic E-state index is -0.983. The Morgan fingerprint density at radius 3 is 2.48 bits per heavy atom. The van der Waals surface area contributed by atoms with Gasteiger partial charge in [0.15, 0.2) is 5.52 Å². The van der Waals surface area contributed by atoms with Gasteiger partial charge in [-0.1, -0.05) is 36.4 Å². The molecule has 0 saturated carbocycles. The van der Waals surface area contributed by atoms with Crippen molar-refractivity contribution in [3.05, 3.63) is 94.2 Å². The number of furan rings is 1. The summed E-state index contributed by atoms with van der Waals surface area (Å²) in [5.41, 5.74) is 11.6. The molecule has 0 bridgehead atoms. The maximum Gasteiger partial charge on any atom is 0.281 e. The average Bonchev–Trinajstić information content (AvgIpc) is 3.61. The van der Waals surface area contributed by atoms with Crippen LogP contribution in [0, 0.1) is 6.92 Å². The van der Waals surface area contributed by atoms with E-state index in [4.69, 9.17) is 10.2 Å². The molecule has 0 radical (unpaired) electrons. The molecule has 3 N–H and O–H groups in total. The summed E-state index contributed by atoms with van der Waals surface area (Å²) in [5, 5.41) is 15.9. The molecule has 0 spiro atoms. The summed E-state index contributed by atoms with van der Waals surface area (Å²) in [6.45, 7) is 5.08. The Morgan fingerprint density at radius 2 is 1.80 bits per heavy atom. The second-order valence-electron chi connectivity index (χ2n) is 10.9. The van der Waals surface area contributed by atoms with E-state index >= 15 is 0 Å². The van der Waals surface area contributed by atoms with Gasteiger partial charge in [-0.25, -0.2) is 4.98 Å². The molecule has 5 aromatic rings. The van der Waals surface area contributed by atoms with Crippen LogP contribution in [0.15, 0.2) is 76.4 Å². The lowest BCUT2D eigenvalue weighted by atomic mass is 9.90. The summed E-state index contributed by atoms with van der Waals surface area (Å²) in [5.74, 6) is 0.865. The number of fused-ring (bicyclic) bond motifs is 1. The van der Waals surface area contributed by atoms with E-state index in [9.17, 15) is 9.90 Å². The summed E-state index contributed by atoms with van der Waals surface area (Å²) < 4.78 is 8.72. The van der Waals surface area contributed by atoms with E-state index in [2.05, 4.69) is 40.1 Å². The number of hydrogen-bond donors (Lipinski definition) is 2. The lowest BCUT2D eigenvalue weighted by molar-refractivity contribution is -0.0365. The van der Waals surface area contributed by atoms with Crippen LogP contribution < -0.4 is 11.3 Å². The van der Waals surface area contributed by atoms with Gasteiger partial charge in [0.1, 0.15) is 11.3 Å². The number of aliphatic hydroxyl groups is 1. The normalized spacial score (nSPS) is 15.6. The van der Waals surface area contributed by atoms with Gasteiger partial charge in [0.05, 0.1) is 30.4 Å². The smallest absolute Gasteiger partial charge is 0.281 e. The van der Waals surface area contributed by atoms with Crippen LogP contribution in [0.4, 0.5) is 0 Å². The Hall–Kier alpha value is -4.05. The van der Waals surface area contributed by atoms with Gasteiger partial charge in [-0.3, -0.25) is 18.9 Å². The largest absolute Gasteiger partial charge is 0.464 e. The van der Waals surface area contributed by atoms with Crippen molar-refractivity contribution in [3.63, 3.8) is 0 Å². The fraction of sp³-hybridized carbons (Fsp3) is 0.323. The molecule has 0 amide bonds. The molecule has 1 aliphatic rings. The van der Waals surface area contributed by atoms with Crippen molar-refractivity contribution in [2.45, 2.75) is 45.0 Å². The monoisotopic (exact) mass is 538 g/mol. The molecule has 206 valence electrons. The van der Waals surface area contributed by atoms with E-state index in [-0.39, 0.29) is 12.1 Å². The number of piperidine rings is 1. The third-order valence-corrected chi connectivity index (χ3v) is 8.07. The Kier molecular flexibility index (Phi) is 6.87. The fourth-order valence-electron chi connectivity index (χ4n) is 5.64. The standard InChI is InChI=1S/C31H34N6O3/c1-21-16-24(26-4-3-15-40-26)9-10-25(21)18-36-13-11-31(39,12-14-36)19-37-20-33-27-28(30(37)38)34-35(2)29(27)23-7-5-22(17-32)6-8-23/h3-10,15-16,20,39H,11-14,17-19,32H2,1-2H3. The number of aromatic nitrogens is 4. The van der Waals surface area contributed by atoms with Crippen LogP contribution in [0.2, 0.25) is 0 Å². The summed E-state index contributed by atoms with van der Waals surface area (Å²) in [6, 6.07) is 18.1. The van der Waals surface area contributed by atoms with Crippen molar-refractivity contribution in [1.82, 2.24) is 24.2 Å². The van der Waals surface area contributed by atoms with Crippen LogP contribution in [-0.2, 0) is 26.7 Å². The van der Waals surface area contributed by atoms with Gasteiger partial charge in [-0.2, -0.15) is 5.10 Å². The van der Waals surface area contributed by atoms with Crippen molar-refractivity contribution in [2.75, 3.05) is 13.1 Å². The van der Waals surface area contributed by atoms with Crippen molar-refractivity contribution in [3.8, 4) is 22.6 Å². The first-order chi connectivity index (χ1) is 19.3. The lowest BCUT2D eigenvalue weighted by Crippen LogP contribution is -2.47. The van der Waals surface area contributed by atoms with Gasteiger partial charge in [0.25, 0.3) is 5.56 Å². The van der Waals surface area contributed by atoms with Crippen LogP contribution in [-0.4, -0.2) is 48.0 Å². The molecule has 2 aromatic carbocycles. The van der Waals surface area contributed by atoms with Gasteiger partial charge in [0, 0.05) is 44.4 Å². The van der Waals surface area contributed by atoms with E-state index in [0.717, 1.165) is 47.8 Å². The molecule has 40 heavy (non-hydrogen) atoms. The highest BCUT2D eigenvalue weighted by Crippen LogP contribution is 2.29. The predicted molar refractivity (Wildman–Crippen MR) is 154 cm³/mol.